The van der Waals surface area contributed by atoms with Gasteiger partial charge in [-0.1, -0.05) is 0 Å². The Bertz CT molecular complexity index is 237. The van der Waals surface area contributed by atoms with Crippen molar-refractivity contribution in [1.82, 2.24) is 0 Å². The lowest BCUT2D eigenvalue weighted by Gasteiger charge is -2.27. The lowest BCUT2D eigenvalue weighted by atomic mass is 9.96. The summed E-state index contributed by atoms with van der Waals surface area (Å²) in [5.74, 6) is -4.03. The Morgan fingerprint density at radius 3 is 1.44 bits per heavy atom. The summed E-state index contributed by atoms with van der Waals surface area (Å²) in [6.07, 6.45) is -22.9. The second kappa shape index (κ2) is 5.54. The number of aliphatic hydroxyl groups excluding tert-OH is 1. The molecule has 0 heterocycles. The monoisotopic (exact) mass is 292 g/mol. The highest BCUT2D eigenvalue weighted by Gasteiger charge is 2.59. The van der Waals surface area contributed by atoms with Gasteiger partial charge in [0.15, 0.2) is 5.92 Å². The third-order valence-electron chi connectivity index (χ3n) is 2.05. The largest absolute Gasteiger partial charge is 0.403 e. The van der Waals surface area contributed by atoms with Crippen LogP contribution in [0, 0.1) is 5.92 Å². The van der Waals surface area contributed by atoms with Crippen LogP contribution in [0.1, 0.15) is 19.3 Å². The molecule has 0 saturated carbocycles. The van der Waals surface area contributed by atoms with E-state index in [-0.39, 0.29) is 0 Å². The van der Waals surface area contributed by atoms with Crippen LogP contribution in [-0.4, -0.2) is 29.7 Å². The average molecular weight is 292 g/mol. The normalized spacial score (nSPS) is 16.2. The molecule has 0 aliphatic carbocycles. The van der Waals surface area contributed by atoms with Crippen LogP contribution in [0.2, 0.25) is 0 Å². The molecule has 0 aliphatic rings. The molecule has 1 nitrogen and oxygen atoms in total. The summed E-state index contributed by atoms with van der Waals surface area (Å²) in [4.78, 5) is 0. The first-order chi connectivity index (χ1) is 7.75. The molecule has 0 spiro atoms. The molecule has 10 heteroatoms. The maximum atomic E-state index is 12.0. The van der Waals surface area contributed by atoms with Gasteiger partial charge in [0.25, 0.3) is 0 Å². The molecule has 0 aromatic rings. The fourth-order valence-corrected chi connectivity index (χ4v) is 1.30. The Kier molecular flexibility index (Phi) is 5.33. The summed E-state index contributed by atoms with van der Waals surface area (Å²) >= 11 is 0. The van der Waals surface area contributed by atoms with Gasteiger partial charge in [0, 0.05) is 6.42 Å². The van der Waals surface area contributed by atoms with Crippen molar-refractivity contribution in [3.63, 3.8) is 0 Å². The third-order valence-corrected chi connectivity index (χ3v) is 2.05. The first-order valence-electron chi connectivity index (χ1n) is 4.63. The van der Waals surface area contributed by atoms with E-state index < -0.39 is 49.8 Å². The Hall–Kier alpha value is -0.670. The number of aliphatic hydroxyl groups is 1. The second-order valence-corrected chi connectivity index (χ2v) is 3.64. The van der Waals surface area contributed by atoms with Gasteiger partial charge < -0.3 is 5.11 Å². The van der Waals surface area contributed by atoms with Gasteiger partial charge in [-0.3, -0.25) is 0 Å². The minimum atomic E-state index is -5.75. The molecule has 0 aliphatic heterocycles. The van der Waals surface area contributed by atoms with Gasteiger partial charge in [0.2, 0.25) is 0 Å². The SMILES string of the molecule is OC(CCCC(F)(F)F)C(C(F)(F)F)C(F)(F)F. The van der Waals surface area contributed by atoms with Gasteiger partial charge in [-0.25, -0.2) is 0 Å². The molecule has 0 rings (SSSR count). The van der Waals surface area contributed by atoms with Crippen molar-refractivity contribution in [3.05, 3.63) is 0 Å². The van der Waals surface area contributed by atoms with Crippen molar-refractivity contribution in [2.75, 3.05) is 0 Å². The molecule has 18 heavy (non-hydrogen) atoms. The van der Waals surface area contributed by atoms with Crippen LogP contribution in [-0.2, 0) is 0 Å². The minimum Gasteiger partial charge on any atom is -0.392 e. The third kappa shape index (κ3) is 6.31. The van der Waals surface area contributed by atoms with Crippen molar-refractivity contribution in [2.24, 2.45) is 5.92 Å². The first kappa shape index (κ1) is 17.3. The smallest absolute Gasteiger partial charge is 0.392 e. The van der Waals surface area contributed by atoms with E-state index in [9.17, 15) is 39.5 Å². The highest BCUT2D eigenvalue weighted by Crippen LogP contribution is 2.42. The maximum Gasteiger partial charge on any atom is 0.403 e. The Morgan fingerprint density at radius 2 is 1.17 bits per heavy atom. The van der Waals surface area contributed by atoms with E-state index in [4.69, 9.17) is 5.11 Å². The Morgan fingerprint density at radius 1 is 0.778 bits per heavy atom. The molecule has 0 aromatic carbocycles. The van der Waals surface area contributed by atoms with E-state index in [1.54, 1.807) is 0 Å². The van der Waals surface area contributed by atoms with Crippen LogP contribution in [0.25, 0.3) is 0 Å². The molecule has 1 atom stereocenters. The zero-order valence-electron chi connectivity index (χ0n) is 8.62. The number of alkyl halides is 9. The van der Waals surface area contributed by atoms with Crippen molar-refractivity contribution in [2.45, 2.75) is 43.9 Å². The minimum absolute atomic E-state index is 1.01. The van der Waals surface area contributed by atoms with E-state index in [1.165, 1.54) is 0 Å². The lowest BCUT2D eigenvalue weighted by Crippen LogP contribution is -2.44. The molecular weight excluding hydrogens is 283 g/mol. The van der Waals surface area contributed by atoms with E-state index in [0.717, 1.165) is 0 Å². The highest BCUT2D eigenvalue weighted by molar-refractivity contribution is 4.82. The van der Waals surface area contributed by atoms with Gasteiger partial charge in [-0.2, -0.15) is 39.5 Å². The number of rotatable bonds is 4. The lowest BCUT2D eigenvalue weighted by molar-refractivity contribution is -0.306. The Labute approximate surface area is 95.6 Å². The van der Waals surface area contributed by atoms with Gasteiger partial charge in [0.1, 0.15) is 0 Å². The Balaban J connectivity index is 4.56. The summed E-state index contributed by atoms with van der Waals surface area (Å²) in [5.41, 5.74) is 0. The number of hydrogen-bond donors (Lipinski definition) is 1. The standard InChI is InChI=1S/C8H9F9O/c9-6(10,11)3-1-2-4(18)5(7(12,13)14)8(15,16)17/h4-5,18H,1-3H2. The summed E-state index contributed by atoms with van der Waals surface area (Å²) in [7, 11) is 0. The van der Waals surface area contributed by atoms with Crippen molar-refractivity contribution in [1.29, 1.82) is 0 Å². The molecular formula is C8H9F9O. The summed E-state index contributed by atoms with van der Waals surface area (Å²) in [5, 5.41) is 8.77. The van der Waals surface area contributed by atoms with Gasteiger partial charge in [-0.05, 0) is 12.8 Å². The quantitative estimate of drug-likeness (QED) is 0.781. The summed E-state index contributed by atoms with van der Waals surface area (Å²) in [6.45, 7) is 0. The molecule has 0 aromatic heterocycles. The van der Waals surface area contributed by atoms with Gasteiger partial charge in [0.05, 0.1) is 6.10 Å². The van der Waals surface area contributed by atoms with E-state index in [0.29, 0.717) is 0 Å². The fourth-order valence-electron chi connectivity index (χ4n) is 1.30. The van der Waals surface area contributed by atoms with Crippen LogP contribution < -0.4 is 0 Å². The zero-order chi connectivity index (χ0) is 14.8. The van der Waals surface area contributed by atoms with Crippen LogP contribution in [0.3, 0.4) is 0 Å². The second-order valence-electron chi connectivity index (χ2n) is 3.64. The molecule has 1 unspecified atom stereocenters. The predicted molar refractivity (Wildman–Crippen MR) is 41.5 cm³/mol. The van der Waals surface area contributed by atoms with Crippen LogP contribution >= 0.6 is 0 Å². The number of hydrogen-bond acceptors (Lipinski definition) is 1. The molecule has 0 amide bonds. The molecule has 0 radical (unpaired) electrons. The highest BCUT2D eigenvalue weighted by atomic mass is 19.4. The van der Waals surface area contributed by atoms with Crippen LogP contribution in [0.5, 0.6) is 0 Å². The van der Waals surface area contributed by atoms with E-state index in [2.05, 4.69) is 0 Å². The van der Waals surface area contributed by atoms with Gasteiger partial charge >= 0.3 is 18.5 Å². The predicted octanol–water partition coefficient (Wildman–Crippen LogP) is 3.82. The molecule has 1 N–H and O–H groups in total. The average Bonchev–Trinajstić information content (AvgIpc) is 1.93. The van der Waals surface area contributed by atoms with E-state index >= 15 is 0 Å². The van der Waals surface area contributed by atoms with Crippen LogP contribution in [0.4, 0.5) is 39.5 Å². The topological polar surface area (TPSA) is 20.2 Å². The van der Waals surface area contributed by atoms with Crippen molar-refractivity contribution >= 4 is 0 Å². The summed E-state index contributed by atoms with van der Waals surface area (Å²) < 4.78 is 107. The maximum absolute atomic E-state index is 12.0. The molecule has 0 saturated heterocycles. The van der Waals surface area contributed by atoms with Crippen LogP contribution in [0.15, 0.2) is 0 Å². The van der Waals surface area contributed by atoms with Gasteiger partial charge in [-0.15, -0.1) is 0 Å². The fraction of sp³-hybridized carbons (Fsp3) is 1.00. The van der Waals surface area contributed by atoms with E-state index in [1.807, 2.05) is 0 Å². The number of halogens is 9. The zero-order valence-corrected chi connectivity index (χ0v) is 8.62. The summed E-state index contributed by atoms with van der Waals surface area (Å²) in [6, 6.07) is 0. The van der Waals surface area contributed by atoms with Crippen molar-refractivity contribution < 1.29 is 44.6 Å². The molecule has 0 bridgehead atoms. The molecule has 110 valence electrons. The molecule has 0 fully saturated rings. The van der Waals surface area contributed by atoms with Crippen molar-refractivity contribution in [3.8, 4) is 0 Å². The first-order valence-corrected chi connectivity index (χ1v) is 4.63.